The number of rotatable bonds is 5. The molecule has 2 heteroatoms. The van der Waals surface area contributed by atoms with Gasteiger partial charge in [0, 0.05) is 11.6 Å². The summed E-state index contributed by atoms with van der Waals surface area (Å²) in [5.74, 6) is 0. The van der Waals surface area contributed by atoms with E-state index in [2.05, 4.69) is 26.1 Å². The number of nitrogens with one attached hydrogen (secondary N) is 1. The first-order valence-corrected chi connectivity index (χ1v) is 6.13. The van der Waals surface area contributed by atoms with Crippen molar-refractivity contribution in [2.75, 3.05) is 0 Å². The first kappa shape index (κ1) is 12.0. The van der Waals surface area contributed by atoms with E-state index in [0.717, 1.165) is 32.1 Å². The molecule has 0 amide bonds. The first-order valence-electron chi connectivity index (χ1n) is 6.13. The third kappa shape index (κ3) is 2.48. The van der Waals surface area contributed by atoms with Crippen LogP contribution in [0.15, 0.2) is 0 Å². The van der Waals surface area contributed by atoms with Gasteiger partial charge in [0.25, 0.3) is 0 Å². The lowest BCUT2D eigenvalue weighted by Crippen LogP contribution is -2.51. The maximum atomic E-state index is 9.78. The van der Waals surface area contributed by atoms with Gasteiger partial charge in [-0.3, -0.25) is 0 Å². The molecule has 1 saturated carbocycles. The van der Waals surface area contributed by atoms with Crippen molar-refractivity contribution in [2.45, 2.75) is 77.0 Å². The van der Waals surface area contributed by atoms with E-state index in [-0.39, 0.29) is 11.6 Å². The van der Waals surface area contributed by atoms with Crippen LogP contribution in [-0.4, -0.2) is 22.8 Å². The van der Waals surface area contributed by atoms with Gasteiger partial charge in [-0.2, -0.15) is 0 Å². The Kier molecular flexibility index (Phi) is 4.39. The van der Waals surface area contributed by atoms with Crippen molar-refractivity contribution < 1.29 is 5.11 Å². The van der Waals surface area contributed by atoms with Crippen molar-refractivity contribution in [3.8, 4) is 0 Å². The molecule has 2 atom stereocenters. The topological polar surface area (TPSA) is 32.3 Å². The lowest BCUT2D eigenvalue weighted by Gasteiger charge is -2.36. The molecule has 2 unspecified atom stereocenters. The summed E-state index contributed by atoms with van der Waals surface area (Å²) < 4.78 is 0. The quantitative estimate of drug-likeness (QED) is 0.713. The molecule has 0 radical (unpaired) electrons. The normalized spacial score (nSPS) is 28.3. The largest absolute Gasteiger partial charge is 0.392 e. The van der Waals surface area contributed by atoms with Gasteiger partial charge in [0.15, 0.2) is 0 Å². The fourth-order valence-corrected chi connectivity index (χ4v) is 2.56. The number of aliphatic hydroxyl groups is 1. The number of aliphatic hydroxyl groups excluding tert-OH is 1. The molecular weight excluding hydrogens is 174 g/mol. The second kappa shape index (κ2) is 5.13. The molecule has 2 N–H and O–H groups in total. The van der Waals surface area contributed by atoms with E-state index in [1.807, 2.05) is 0 Å². The Balaban J connectivity index is 2.54. The van der Waals surface area contributed by atoms with Crippen LogP contribution in [0.4, 0.5) is 0 Å². The molecule has 1 aliphatic carbocycles. The SMILES string of the molecule is CCC(CC)(CC)NC1CCCC1O. The lowest BCUT2D eigenvalue weighted by atomic mass is 9.88. The highest BCUT2D eigenvalue weighted by atomic mass is 16.3. The van der Waals surface area contributed by atoms with E-state index in [1.54, 1.807) is 0 Å². The van der Waals surface area contributed by atoms with E-state index >= 15 is 0 Å². The fraction of sp³-hybridized carbons (Fsp3) is 1.00. The van der Waals surface area contributed by atoms with Gasteiger partial charge in [-0.1, -0.05) is 20.8 Å². The van der Waals surface area contributed by atoms with Crippen LogP contribution in [0.1, 0.15) is 59.3 Å². The summed E-state index contributed by atoms with van der Waals surface area (Å²) in [5.41, 5.74) is 0.260. The van der Waals surface area contributed by atoms with Crippen LogP contribution in [0.3, 0.4) is 0 Å². The van der Waals surface area contributed by atoms with E-state index in [9.17, 15) is 5.11 Å². The van der Waals surface area contributed by atoms with Gasteiger partial charge in [0.05, 0.1) is 6.10 Å². The molecule has 14 heavy (non-hydrogen) atoms. The standard InChI is InChI=1S/C12H25NO/c1-4-12(5-2,6-3)13-10-8-7-9-11(10)14/h10-11,13-14H,4-9H2,1-3H3. The van der Waals surface area contributed by atoms with Gasteiger partial charge in [-0.25, -0.2) is 0 Å². The van der Waals surface area contributed by atoms with Crippen LogP contribution in [0, 0.1) is 0 Å². The third-order valence-electron chi connectivity index (χ3n) is 4.00. The smallest absolute Gasteiger partial charge is 0.0693 e. The minimum atomic E-state index is -0.112. The minimum absolute atomic E-state index is 0.112. The summed E-state index contributed by atoms with van der Waals surface area (Å²) in [5, 5.41) is 13.5. The van der Waals surface area contributed by atoms with E-state index < -0.39 is 0 Å². The highest BCUT2D eigenvalue weighted by Gasteiger charge is 2.32. The predicted molar refractivity (Wildman–Crippen MR) is 60.4 cm³/mol. The summed E-state index contributed by atoms with van der Waals surface area (Å²) in [6.07, 6.45) is 6.65. The zero-order valence-corrected chi connectivity index (χ0v) is 9.84. The average Bonchev–Trinajstić information content (AvgIpc) is 2.61. The zero-order valence-electron chi connectivity index (χ0n) is 9.84. The van der Waals surface area contributed by atoms with E-state index in [4.69, 9.17) is 0 Å². The number of hydrogen-bond donors (Lipinski definition) is 2. The van der Waals surface area contributed by atoms with Crippen LogP contribution >= 0.6 is 0 Å². The maximum Gasteiger partial charge on any atom is 0.0693 e. The van der Waals surface area contributed by atoms with Gasteiger partial charge in [-0.15, -0.1) is 0 Å². The van der Waals surface area contributed by atoms with Gasteiger partial charge in [0.1, 0.15) is 0 Å². The van der Waals surface area contributed by atoms with E-state index in [0.29, 0.717) is 6.04 Å². The highest BCUT2D eigenvalue weighted by molar-refractivity contribution is 4.92. The molecular formula is C12H25NO. The highest BCUT2D eigenvalue weighted by Crippen LogP contribution is 2.26. The van der Waals surface area contributed by atoms with Crippen LogP contribution in [0.2, 0.25) is 0 Å². The van der Waals surface area contributed by atoms with Crippen molar-refractivity contribution in [3.63, 3.8) is 0 Å². The fourth-order valence-electron chi connectivity index (χ4n) is 2.56. The summed E-state index contributed by atoms with van der Waals surface area (Å²) >= 11 is 0. The van der Waals surface area contributed by atoms with Gasteiger partial charge < -0.3 is 10.4 Å². The molecule has 0 spiro atoms. The Morgan fingerprint density at radius 3 is 2.07 bits per heavy atom. The third-order valence-corrected chi connectivity index (χ3v) is 4.00. The molecule has 84 valence electrons. The summed E-state index contributed by atoms with van der Waals surface area (Å²) in [4.78, 5) is 0. The number of hydrogen-bond acceptors (Lipinski definition) is 2. The Labute approximate surface area is 88.1 Å². The second-order valence-corrected chi connectivity index (χ2v) is 4.59. The molecule has 0 saturated heterocycles. The molecule has 1 aliphatic rings. The van der Waals surface area contributed by atoms with Crippen LogP contribution in [-0.2, 0) is 0 Å². The second-order valence-electron chi connectivity index (χ2n) is 4.59. The Bertz CT molecular complexity index is 157. The molecule has 2 nitrogen and oxygen atoms in total. The van der Waals surface area contributed by atoms with Crippen molar-refractivity contribution in [1.82, 2.24) is 5.32 Å². The van der Waals surface area contributed by atoms with Crippen LogP contribution in [0.25, 0.3) is 0 Å². The average molecular weight is 199 g/mol. The molecule has 0 aliphatic heterocycles. The summed E-state index contributed by atoms with van der Waals surface area (Å²) in [6, 6.07) is 0.342. The van der Waals surface area contributed by atoms with E-state index in [1.165, 1.54) is 6.42 Å². The lowest BCUT2D eigenvalue weighted by molar-refractivity contribution is 0.120. The molecule has 0 aromatic heterocycles. The Morgan fingerprint density at radius 2 is 1.71 bits per heavy atom. The zero-order chi connectivity index (χ0) is 10.6. The predicted octanol–water partition coefficient (Wildman–Crippen LogP) is 2.46. The minimum Gasteiger partial charge on any atom is -0.392 e. The van der Waals surface area contributed by atoms with Crippen molar-refractivity contribution >= 4 is 0 Å². The first-order chi connectivity index (χ1) is 6.67. The molecule has 0 aromatic carbocycles. The Morgan fingerprint density at radius 1 is 1.14 bits per heavy atom. The molecule has 1 fully saturated rings. The molecule has 1 rings (SSSR count). The molecule has 0 bridgehead atoms. The summed E-state index contributed by atoms with van der Waals surface area (Å²) in [7, 11) is 0. The van der Waals surface area contributed by atoms with Crippen molar-refractivity contribution in [2.24, 2.45) is 0 Å². The van der Waals surface area contributed by atoms with Gasteiger partial charge in [0.2, 0.25) is 0 Å². The van der Waals surface area contributed by atoms with Gasteiger partial charge in [-0.05, 0) is 38.5 Å². The Hall–Kier alpha value is -0.0800. The van der Waals surface area contributed by atoms with Crippen molar-refractivity contribution in [1.29, 1.82) is 0 Å². The molecule has 0 heterocycles. The monoisotopic (exact) mass is 199 g/mol. The van der Waals surface area contributed by atoms with Gasteiger partial charge >= 0.3 is 0 Å². The molecule has 0 aromatic rings. The maximum absolute atomic E-state index is 9.78. The van der Waals surface area contributed by atoms with Crippen LogP contribution in [0.5, 0.6) is 0 Å². The van der Waals surface area contributed by atoms with Crippen LogP contribution < -0.4 is 5.32 Å². The summed E-state index contributed by atoms with van der Waals surface area (Å²) in [6.45, 7) is 6.71. The van der Waals surface area contributed by atoms with Crippen molar-refractivity contribution in [3.05, 3.63) is 0 Å².